The van der Waals surface area contributed by atoms with Crippen LogP contribution in [0, 0.1) is 0 Å². The molecule has 1 aliphatic heterocycles. The summed E-state index contributed by atoms with van der Waals surface area (Å²) in [6.45, 7) is 1.87. The van der Waals surface area contributed by atoms with Crippen LogP contribution < -0.4 is 5.73 Å². The summed E-state index contributed by atoms with van der Waals surface area (Å²) in [5.74, 6) is 0. The molecular weight excluding hydrogens is 354 g/mol. The van der Waals surface area contributed by atoms with Crippen LogP contribution in [0.3, 0.4) is 0 Å². The van der Waals surface area contributed by atoms with Gasteiger partial charge in [-0.1, -0.05) is 6.07 Å². The molecule has 0 aliphatic carbocycles. The monoisotopic (exact) mass is 375 g/mol. The van der Waals surface area contributed by atoms with E-state index in [1.807, 2.05) is 13.1 Å². The van der Waals surface area contributed by atoms with Crippen LogP contribution in [0.15, 0.2) is 27.6 Å². The van der Waals surface area contributed by atoms with Gasteiger partial charge < -0.3 is 10.6 Å². The van der Waals surface area contributed by atoms with Crippen LogP contribution in [0.4, 0.5) is 0 Å². The van der Waals surface area contributed by atoms with Gasteiger partial charge in [0.05, 0.1) is 4.90 Å². The number of rotatable bonds is 5. The summed E-state index contributed by atoms with van der Waals surface area (Å²) in [4.78, 5) is 2.51. The Hall–Kier alpha value is -0.470. The van der Waals surface area contributed by atoms with Crippen LogP contribution in [0.1, 0.15) is 18.4 Å². The number of hydrogen-bond acceptors (Lipinski definition) is 4. The average Bonchev–Trinajstić information content (AvgIpc) is 2.84. The highest BCUT2D eigenvalue weighted by molar-refractivity contribution is 9.10. The van der Waals surface area contributed by atoms with Crippen molar-refractivity contribution in [1.82, 2.24) is 9.21 Å². The quantitative estimate of drug-likeness (QED) is 0.848. The summed E-state index contributed by atoms with van der Waals surface area (Å²) in [6, 6.07) is 5.51. The first-order valence-electron chi connectivity index (χ1n) is 7.01. The Bertz CT molecular complexity index is 606. The molecule has 0 bridgehead atoms. The molecule has 5 nitrogen and oxygen atoms in total. The molecule has 1 atom stereocenters. The molecule has 2 N–H and O–H groups in total. The topological polar surface area (TPSA) is 66.6 Å². The third kappa shape index (κ3) is 3.65. The van der Waals surface area contributed by atoms with Crippen molar-refractivity contribution in [2.24, 2.45) is 5.73 Å². The predicted octanol–water partition coefficient (Wildman–Crippen LogP) is 1.62. The van der Waals surface area contributed by atoms with Gasteiger partial charge in [-0.25, -0.2) is 8.42 Å². The highest BCUT2D eigenvalue weighted by atomic mass is 79.9. The summed E-state index contributed by atoms with van der Waals surface area (Å²) >= 11 is 3.33. The second kappa shape index (κ2) is 6.75. The Morgan fingerprint density at radius 2 is 2.19 bits per heavy atom. The number of halogens is 1. The number of sulfonamides is 1. The molecule has 2 rings (SSSR count). The third-order valence-corrected chi connectivity index (χ3v) is 6.88. The van der Waals surface area contributed by atoms with Gasteiger partial charge in [0.25, 0.3) is 0 Å². The molecule has 1 unspecified atom stereocenters. The Labute approximate surface area is 135 Å². The third-order valence-electron chi connectivity index (χ3n) is 4.06. The molecule has 0 amide bonds. The number of nitrogens with zero attached hydrogens (tertiary/aromatic N) is 2. The zero-order valence-corrected chi connectivity index (χ0v) is 14.8. The van der Waals surface area contributed by atoms with Crippen molar-refractivity contribution in [3.63, 3.8) is 0 Å². The second-order valence-electron chi connectivity index (χ2n) is 5.53. The number of benzene rings is 1. The standard InChI is InChI=1S/C14H22BrN3O2S/c1-17-7-3-4-12(17)10-18(2)21(19,20)14-8-11(9-16)5-6-13(14)15/h5-6,8,12H,3-4,7,9-10,16H2,1-2H3. The van der Waals surface area contributed by atoms with Crippen LogP contribution in [0.2, 0.25) is 0 Å². The minimum absolute atomic E-state index is 0.286. The van der Waals surface area contributed by atoms with Gasteiger partial charge in [-0.05, 0) is 60.1 Å². The molecule has 118 valence electrons. The second-order valence-corrected chi connectivity index (χ2v) is 8.40. The van der Waals surface area contributed by atoms with E-state index < -0.39 is 10.0 Å². The number of likely N-dealkylation sites (tertiary alicyclic amines) is 1. The van der Waals surface area contributed by atoms with E-state index in [9.17, 15) is 8.42 Å². The van der Waals surface area contributed by atoms with Gasteiger partial charge in [0, 0.05) is 30.7 Å². The first kappa shape index (κ1) is 16.9. The van der Waals surface area contributed by atoms with E-state index in [-0.39, 0.29) is 4.90 Å². The largest absolute Gasteiger partial charge is 0.326 e. The summed E-state index contributed by atoms with van der Waals surface area (Å²) in [6.07, 6.45) is 2.17. The summed E-state index contributed by atoms with van der Waals surface area (Å²) in [5.41, 5.74) is 6.42. The lowest BCUT2D eigenvalue weighted by molar-refractivity contribution is 0.271. The van der Waals surface area contributed by atoms with Crippen molar-refractivity contribution in [3.05, 3.63) is 28.2 Å². The van der Waals surface area contributed by atoms with Gasteiger partial charge in [-0.2, -0.15) is 4.31 Å². The molecule has 0 aromatic heterocycles. The average molecular weight is 376 g/mol. The first-order valence-corrected chi connectivity index (χ1v) is 9.24. The van der Waals surface area contributed by atoms with E-state index in [2.05, 4.69) is 20.8 Å². The summed E-state index contributed by atoms with van der Waals surface area (Å²) in [7, 11) is 0.178. The number of nitrogens with two attached hydrogens (primary N) is 1. The maximum absolute atomic E-state index is 12.8. The van der Waals surface area contributed by atoms with Crippen molar-refractivity contribution in [2.45, 2.75) is 30.3 Å². The summed E-state index contributed by atoms with van der Waals surface area (Å²) in [5, 5.41) is 0. The Morgan fingerprint density at radius 3 is 2.76 bits per heavy atom. The van der Waals surface area contributed by atoms with Gasteiger partial charge in [-0.15, -0.1) is 0 Å². The van der Waals surface area contributed by atoms with E-state index in [0.717, 1.165) is 24.9 Å². The fourth-order valence-corrected chi connectivity index (χ4v) is 4.82. The molecule has 0 saturated carbocycles. The normalized spacial score (nSPS) is 20.3. The Kier molecular flexibility index (Phi) is 5.43. The van der Waals surface area contributed by atoms with E-state index in [0.29, 0.717) is 23.6 Å². The Morgan fingerprint density at radius 1 is 1.48 bits per heavy atom. The molecule has 0 radical (unpaired) electrons. The SMILES string of the molecule is CN1CCCC1CN(C)S(=O)(=O)c1cc(CN)ccc1Br. The smallest absolute Gasteiger partial charge is 0.244 e. The molecule has 0 spiro atoms. The molecular formula is C14H22BrN3O2S. The number of hydrogen-bond donors (Lipinski definition) is 1. The first-order chi connectivity index (χ1) is 9.86. The molecule has 1 saturated heterocycles. The molecule has 1 heterocycles. The summed E-state index contributed by atoms with van der Waals surface area (Å²) < 4.78 is 27.5. The van der Waals surface area contributed by atoms with Crippen molar-refractivity contribution in [1.29, 1.82) is 0 Å². The van der Waals surface area contributed by atoms with Crippen LogP contribution in [0.5, 0.6) is 0 Å². The van der Waals surface area contributed by atoms with Crippen molar-refractivity contribution in [2.75, 3.05) is 27.2 Å². The molecule has 1 aromatic rings. The lowest BCUT2D eigenvalue weighted by Gasteiger charge is -2.25. The lowest BCUT2D eigenvalue weighted by Crippen LogP contribution is -2.39. The van der Waals surface area contributed by atoms with Gasteiger partial charge in [0.1, 0.15) is 0 Å². The highest BCUT2D eigenvalue weighted by Gasteiger charge is 2.29. The van der Waals surface area contributed by atoms with Crippen molar-refractivity contribution >= 4 is 26.0 Å². The van der Waals surface area contributed by atoms with E-state index in [1.54, 1.807) is 19.2 Å². The van der Waals surface area contributed by atoms with Crippen molar-refractivity contribution < 1.29 is 8.42 Å². The van der Waals surface area contributed by atoms with Gasteiger partial charge in [0.15, 0.2) is 0 Å². The molecule has 21 heavy (non-hydrogen) atoms. The lowest BCUT2D eigenvalue weighted by atomic mass is 10.2. The van der Waals surface area contributed by atoms with Gasteiger partial charge in [0.2, 0.25) is 10.0 Å². The maximum Gasteiger partial charge on any atom is 0.244 e. The zero-order chi connectivity index (χ0) is 15.6. The molecule has 1 aromatic carbocycles. The van der Waals surface area contributed by atoms with Crippen LogP contribution in [-0.4, -0.2) is 50.8 Å². The van der Waals surface area contributed by atoms with Gasteiger partial charge >= 0.3 is 0 Å². The molecule has 1 aliphatic rings. The zero-order valence-electron chi connectivity index (χ0n) is 12.4. The fourth-order valence-electron chi connectivity index (χ4n) is 2.65. The van der Waals surface area contributed by atoms with E-state index in [4.69, 9.17) is 5.73 Å². The van der Waals surface area contributed by atoms with Crippen LogP contribution >= 0.6 is 15.9 Å². The van der Waals surface area contributed by atoms with E-state index >= 15 is 0 Å². The van der Waals surface area contributed by atoms with E-state index in [1.165, 1.54) is 4.31 Å². The van der Waals surface area contributed by atoms with Gasteiger partial charge in [-0.3, -0.25) is 0 Å². The molecule has 7 heteroatoms. The fraction of sp³-hybridized carbons (Fsp3) is 0.571. The molecule has 1 fully saturated rings. The predicted molar refractivity (Wildman–Crippen MR) is 87.5 cm³/mol. The number of likely N-dealkylation sites (N-methyl/N-ethyl adjacent to an activating group) is 2. The van der Waals surface area contributed by atoms with Crippen LogP contribution in [0.25, 0.3) is 0 Å². The Balaban J connectivity index is 2.24. The minimum atomic E-state index is -3.51. The van der Waals surface area contributed by atoms with Crippen molar-refractivity contribution in [3.8, 4) is 0 Å². The minimum Gasteiger partial charge on any atom is -0.326 e. The maximum atomic E-state index is 12.8. The van der Waals surface area contributed by atoms with Crippen LogP contribution in [-0.2, 0) is 16.6 Å². The highest BCUT2D eigenvalue weighted by Crippen LogP contribution is 2.27.